The average molecular weight is 414 g/mol. The molecule has 0 aromatic heterocycles. The molecule has 154 valence electrons. The molecule has 0 bridgehead atoms. The minimum Gasteiger partial charge on any atom is -0.327 e. The molecule has 0 radical (unpaired) electrons. The quantitative estimate of drug-likeness (QED) is 0.150. The van der Waals surface area contributed by atoms with Gasteiger partial charge in [-0.05, 0) is 0 Å². The summed E-state index contributed by atoms with van der Waals surface area (Å²) in [7, 11) is 0. The zero-order chi connectivity index (χ0) is 22.4. The molecule has 0 aromatic carbocycles. The van der Waals surface area contributed by atoms with Gasteiger partial charge in [0.05, 0.1) is 0 Å². The fourth-order valence-corrected chi connectivity index (χ4v) is 1.35. The summed E-state index contributed by atoms with van der Waals surface area (Å²) >= 11 is 0. The Labute approximate surface area is 148 Å². The van der Waals surface area contributed by atoms with Gasteiger partial charge in [0.15, 0.2) is 29.5 Å². The molecule has 22 heteroatoms. The third-order valence-corrected chi connectivity index (χ3v) is 2.93. The monoisotopic (exact) mass is 414 g/mol. The van der Waals surface area contributed by atoms with E-state index in [9.17, 15) is 70.3 Å². The zero-order valence-corrected chi connectivity index (χ0v) is 12.8. The molecule has 0 atom stereocenters. The van der Waals surface area contributed by atoms with Crippen LogP contribution in [0.3, 0.4) is 0 Å². The lowest BCUT2D eigenvalue weighted by Crippen LogP contribution is -2.63. The van der Waals surface area contributed by atoms with Crippen molar-refractivity contribution in [3.8, 4) is 0 Å². The number of nitro groups is 6. The molecule has 28 heavy (non-hydrogen) atoms. The Morgan fingerprint density at radius 1 is 0.536 bits per heavy atom. The molecule has 0 aliphatic carbocycles. The molecule has 0 aromatic rings. The molecule has 0 unspecified atom stereocenters. The number of carbonyl (C=O) groups excluding carboxylic acids is 2. The van der Waals surface area contributed by atoms with Crippen molar-refractivity contribution in [2.45, 2.75) is 11.6 Å². The second-order valence-corrected chi connectivity index (χ2v) is 4.46. The van der Waals surface area contributed by atoms with E-state index in [1.807, 2.05) is 0 Å². The van der Waals surface area contributed by atoms with E-state index in [0.717, 1.165) is 10.6 Å². The van der Waals surface area contributed by atoms with Crippen molar-refractivity contribution in [1.29, 1.82) is 0 Å². The van der Waals surface area contributed by atoms with Crippen LogP contribution >= 0.6 is 0 Å². The molecule has 22 nitrogen and oxygen atoms in total. The van der Waals surface area contributed by atoms with E-state index in [0.29, 0.717) is 0 Å². The predicted octanol–water partition coefficient (Wildman–Crippen LogP) is -3.81. The fourth-order valence-electron chi connectivity index (χ4n) is 1.35. The molecular formula is C6H6N8O14. The first-order chi connectivity index (χ1) is 12.7. The number of carbonyl (C=O) groups is 2. The first kappa shape index (κ1) is 23.3. The van der Waals surface area contributed by atoms with E-state index in [1.54, 1.807) is 0 Å². The number of rotatable bonds is 10. The van der Waals surface area contributed by atoms with Crippen molar-refractivity contribution < 1.29 is 39.1 Å². The third kappa shape index (κ3) is 3.94. The van der Waals surface area contributed by atoms with Crippen LogP contribution in [0, 0.1) is 60.7 Å². The maximum atomic E-state index is 11.4. The Bertz CT molecular complexity index is 638. The standard InChI is InChI=1S/C6H6N8O14/c15-3(7-1-5(9(17)18,10(19)20)11(21)22)4(16)8-2-6(12(23)24,13(25)26)14(27)28/h1-2H2,(H,7,15)(H,8,16). The van der Waals surface area contributed by atoms with Crippen LogP contribution in [0.15, 0.2) is 0 Å². The molecule has 0 aliphatic heterocycles. The van der Waals surface area contributed by atoms with Gasteiger partial charge in [-0.15, -0.1) is 0 Å². The van der Waals surface area contributed by atoms with Crippen LogP contribution in [-0.2, 0) is 9.59 Å². The summed E-state index contributed by atoms with van der Waals surface area (Å²) in [6.07, 6.45) is 0. The Balaban J connectivity index is 5.37. The molecule has 0 heterocycles. The molecule has 2 amide bonds. The van der Waals surface area contributed by atoms with Crippen molar-refractivity contribution in [1.82, 2.24) is 10.6 Å². The first-order valence-corrected chi connectivity index (χ1v) is 6.10. The van der Waals surface area contributed by atoms with E-state index in [4.69, 9.17) is 0 Å². The molecule has 0 spiro atoms. The summed E-state index contributed by atoms with van der Waals surface area (Å²) in [5.74, 6) is -12.6. The largest absolute Gasteiger partial charge is 0.717 e. The Morgan fingerprint density at radius 2 is 0.714 bits per heavy atom. The second-order valence-electron chi connectivity index (χ2n) is 4.46. The summed E-state index contributed by atoms with van der Waals surface area (Å²) < 4.78 is 0. The van der Waals surface area contributed by atoms with Gasteiger partial charge in [0.2, 0.25) is 13.1 Å². The lowest BCUT2D eigenvalue weighted by molar-refractivity contribution is -0.966. The fraction of sp³-hybridized carbons (Fsp3) is 0.667. The van der Waals surface area contributed by atoms with Crippen molar-refractivity contribution in [3.63, 3.8) is 0 Å². The highest BCUT2D eigenvalue weighted by atomic mass is 16.7. The highest BCUT2D eigenvalue weighted by molar-refractivity contribution is 6.35. The van der Waals surface area contributed by atoms with E-state index < -0.39 is 66.0 Å². The van der Waals surface area contributed by atoms with Gasteiger partial charge in [-0.2, -0.15) is 0 Å². The van der Waals surface area contributed by atoms with Crippen LogP contribution in [0.25, 0.3) is 0 Å². The van der Waals surface area contributed by atoms with Crippen molar-refractivity contribution in [2.75, 3.05) is 13.1 Å². The minimum atomic E-state index is -4.19. The summed E-state index contributed by atoms with van der Waals surface area (Å²) in [5.41, 5.74) is 0. The van der Waals surface area contributed by atoms with Crippen LogP contribution in [0.1, 0.15) is 0 Å². The van der Waals surface area contributed by atoms with E-state index in [2.05, 4.69) is 0 Å². The Kier molecular flexibility index (Phi) is 6.79. The highest BCUT2D eigenvalue weighted by Gasteiger charge is 2.71. The minimum absolute atomic E-state index is 1.11. The first-order valence-electron chi connectivity index (χ1n) is 6.10. The number of amides is 2. The highest BCUT2D eigenvalue weighted by Crippen LogP contribution is 2.12. The summed E-state index contributed by atoms with van der Waals surface area (Å²) in [4.78, 5) is 74.5. The van der Waals surface area contributed by atoms with Crippen LogP contribution in [0.4, 0.5) is 0 Å². The lowest BCUT2D eigenvalue weighted by atomic mass is 10.3. The number of hydrogen-bond donors (Lipinski definition) is 2. The third-order valence-electron chi connectivity index (χ3n) is 2.93. The van der Waals surface area contributed by atoms with Gasteiger partial charge >= 0.3 is 23.4 Å². The van der Waals surface area contributed by atoms with Gasteiger partial charge in [0.1, 0.15) is 0 Å². The molecule has 0 rings (SSSR count). The van der Waals surface area contributed by atoms with E-state index in [1.165, 1.54) is 0 Å². The molecular weight excluding hydrogens is 408 g/mol. The van der Waals surface area contributed by atoms with Crippen molar-refractivity contribution >= 4 is 11.8 Å². The molecule has 0 fully saturated rings. The topological polar surface area (TPSA) is 317 Å². The van der Waals surface area contributed by atoms with Gasteiger partial charge in [-0.3, -0.25) is 70.3 Å². The van der Waals surface area contributed by atoms with E-state index in [-0.39, 0.29) is 0 Å². The van der Waals surface area contributed by atoms with Gasteiger partial charge < -0.3 is 10.6 Å². The van der Waals surface area contributed by atoms with Crippen LogP contribution in [0.5, 0.6) is 0 Å². The zero-order valence-electron chi connectivity index (χ0n) is 12.8. The summed E-state index contributed by atoms with van der Waals surface area (Å²) in [6, 6.07) is 0. The Hall–Kier alpha value is -4.66. The number of nitrogens with zero attached hydrogens (tertiary/aromatic N) is 6. The smallest absolute Gasteiger partial charge is 0.327 e. The molecule has 0 saturated carbocycles. The van der Waals surface area contributed by atoms with Crippen LogP contribution in [-0.4, -0.2) is 66.0 Å². The van der Waals surface area contributed by atoms with Gasteiger partial charge in [0, 0.05) is 0 Å². The molecule has 0 aliphatic rings. The van der Waals surface area contributed by atoms with E-state index >= 15 is 0 Å². The SMILES string of the molecule is O=C(NCC([N+](=O)[O-])([N+](=O)[O-])[N+](=O)[O-])C(=O)NCC([N+](=O)[O-])([N+](=O)[O-])[N+](=O)[O-]. The normalized spacial score (nSPS) is 11.0. The Morgan fingerprint density at radius 3 is 0.857 bits per heavy atom. The van der Waals surface area contributed by atoms with Gasteiger partial charge in [-0.1, -0.05) is 0 Å². The summed E-state index contributed by atoms with van der Waals surface area (Å²) in [6.45, 7) is -3.95. The maximum Gasteiger partial charge on any atom is 0.717 e. The number of nitrogens with one attached hydrogen (secondary N) is 2. The van der Waals surface area contributed by atoms with Gasteiger partial charge in [0.25, 0.3) is 0 Å². The average Bonchev–Trinajstić information content (AvgIpc) is 2.53. The molecule has 2 N–H and O–H groups in total. The predicted molar refractivity (Wildman–Crippen MR) is 73.4 cm³/mol. The summed E-state index contributed by atoms with van der Waals surface area (Å²) in [5, 5.41) is 65.9. The van der Waals surface area contributed by atoms with Crippen molar-refractivity contribution in [2.24, 2.45) is 0 Å². The van der Waals surface area contributed by atoms with Crippen LogP contribution < -0.4 is 10.6 Å². The van der Waals surface area contributed by atoms with Crippen molar-refractivity contribution in [3.05, 3.63) is 60.7 Å². The van der Waals surface area contributed by atoms with Crippen LogP contribution in [0.2, 0.25) is 0 Å². The maximum absolute atomic E-state index is 11.4. The molecule has 0 saturated heterocycles. The second kappa shape index (κ2) is 8.15. The number of hydrogen-bond acceptors (Lipinski definition) is 14. The lowest BCUT2D eigenvalue weighted by Gasteiger charge is -2.11. The van der Waals surface area contributed by atoms with Gasteiger partial charge in [-0.25, -0.2) is 0 Å².